The lowest BCUT2D eigenvalue weighted by molar-refractivity contribution is -0.153. The first-order valence-electron chi connectivity index (χ1n) is 4.26. The van der Waals surface area contributed by atoms with Crippen LogP contribution in [-0.4, -0.2) is 29.8 Å². The van der Waals surface area contributed by atoms with Crippen LogP contribution in [0.2, 0.25) is 0 Å². The summed E-state index contributed by atoms with van der Waals surface area (Å²) in [6, 6.07) is 0. The van der Waals surface area contributed by atoms with Crippen molar-refractivity contribution in [2.45, 2.75) is 18.5 Å². The molecule has 3 nitrogen and oxygen atoms in total. The molecule has 0 amide bonds. The van der Waals surface area contributed by atoms with Crippen molar-refractivity contribution in [1.29, 1.82) is 0 Å². The average Bonchev–Trinajstić information content (AvgIpc) is 2.25. The molecular weight excluding hydrogens is 197 g/mol. The van der Waals surface area contributed by atoms with Crippen LogP contribution in [-0.2, 0) is 4.79 Å². The van der Waals surface area contributed by atoms with Gasteiger partial charge in [0.25, 0.3) is 0 Å². The summed E-state index contributed by atoms with van der Waals surface area (Å²) in [4.78, 5) is 10.7. The number of piperidine rings is 1. The Bertz CT molecular complexity index is 226. The lowest BCUT2D eigenvalue weighted by Crippen LogP contribution is -2.41. The lowest BCUT2D eigenvalue weighted by atomic mass is 9.93. The van der Waals surface area contributed by atoms with E-state index in [0.29, 0.717) is 6.54 Å². The van der Waals surface area contributed by atoms with Gasteiger partial charge < -0.3 is 10.4 Å². The standard InChI is InChI=1S/C8H12FNO2.ClH/c9-8(7(11)12)2-5-1-6(8)4-10-3-5;/h5-6,10H,1-4H2,(H,11,12);1H/t5-,6-,8-;/m0./s1. The van der Waals surface area contributed by atoms with E-state index in [4.69, 9.17) is 5.11 Å². The molecule has 0 aromatic heterocycles. The Kier molecular flexibility index (Phi) is 2.82. The molecule has 0 unspecified atom stereocenters. The molecule has 1 saturated heterocycles. The average molecular weight is 210 g/mol. The summed E-state index contributed by atoms with van der Waals surface area (Å²) < 4.78 is 13.8. The van der Waals surface area contributed by atoms with Crippen LogP contribution in [0.5, 0.6) is 0 Å². The summed E-state index contributed by atoms with van der Waals surface area (Å²) >= 11 is 0. The smallest absolute Gasteiger partial charge is 0.341 e. The Morgan fingerprint density at radius 1 is 1.54 bits per heavy atom. The molecule has 3 atom stereocenters. The molecule has 2 N–H and O–H groups in total. The van der Waals surface area contributed by atoms with E-state index in [0.717, 1.165) is 13.0 Å². The van der Waals surface area contributed by atoms with Gasteiger partial charge in [-0.05, 0) is 25.3 Å². The summed E-state index contributed by atoms with van der Waals surface area (Å²) in [7, 11) is 0. The second kappa shape index (κ2) is 3.42. The van der Waals surface area contributed by atoms with Crippen LogP contribution in [0.3, 0.4) is 0 Å². The maximum Gasteiger partial charge on any atom is 0.341 e. The van der Waals surface area contributed by atoms with E-state index in [-0.39, 0.29) is 30.7 Å². The first kappa shape index (κ1) is 10.7. The molecule has 76 valence electrons. The molecule has 13 heavy (non-hydrogen) atoms. The van der Waals surface area contributed by atoms with Crippen molar-refractivity contribution >= 4 is 18.4 Å². The van der Waals surface area contributed by atoms with Crippen molar-refractivity contribution in [3.8, 4) is 0 Å². The quantitative estimate of drug-likeness (QED) is 0.673. The van der Waals surface area contributed by atoms with Crippen LogP contribution < -0.4 is 5.32 Å². The maximum atomic E-state index is 13.8. The van der Waals surface area contributed by atoms with E-state index in [1.165, 1.54) is 0 Å². The summed E-state index contributed by atoms with van der Waals surface area (Å²) in [5.41, 5.74) is -1.95. The van der Waals surface area contributed by atoms with Crippen molar-refractivity contribution in [2.75, 3.05) is 13.1 Å². The number of fused-ring (bicyclic) bond motifs is 2. The molecule has 0 spiro atoms. The minimum absolute atomic E-state index is 0. The van der Waals surface area contributed by atoms with Crippen LogP contribution in [0, 0.1) is 11.8 Å². The number of hydrogen-bond donors (Lipinski definition) is 2. The number of carbonyl (C=O) groups is 1. The van der Waals surface area contributed by atoms with Crippen molar-refractivity contribution in [3.63, 3.8) is 0 Å². The number of aliphatic carboxylic acids is 1. The number of halogens is 2. The molecule has 0 aromatic carbocycles. The molecule has 1 aliphatic heterocycles. The van der Waals surface area contributed by atoms with Gasteiger partial charge in [0, 0.05) is 12.5 Å². The Morgan fingerprint density at radius 2 is 2.23 bits per heavy atom. The second-order valence-corrected chi connectivity index (χ2v) is 3.83. The van der Waals surface area contributed by atoms with E-state index in [1.54, 1.807) is 0 Å². The molecule has 2 aliphatic rings. The Hall–Kier alpha value is -0.350. The van der Waals surface area contributed by atoms with Gasteiger partial charge in [-0.25, -0.2) is 9.18 Å². The van der Waals surface area contributed by atoms with Gasteiger partial charge >= 0.3 is 5.97 Å². The highest BCUT2D eigenvalue weighted by Crippen LogP contribution is 2.44. The molecule has 2 fully saturated rings. The Labute approximate surface area is 82.1 Å². The molecule has 0 aromatic rings. The van der Waals surface area contributed by atoms with Gasteiger partial charge in [-0.3, -0.25) is 0 Å². The van der Waals surface area contributed by atoms with Gasteiger partial charge in [-0.15, -0.1) is 12.4 Å². The summed E-state index contributed by atoms with van der Waals surface area (Å²) in [6.45, 7) is 1.29. The van der Waals surface area contributed by atoms with Crippen molar-refractivity contribution < 1.29 is 14.3 Å². The van der Waals surface area contributed by atoms with Gasteiger partial charge in [0.05, 0.1) is 0 Å². The fourth-order valence-corrected chi connectivity index (χ4v) is 2.38. The number of hydrogen-bond acceptors (Lipinski definition) is 2. The number of alkyl halides is 1. The normalized spacial score (nSPS) is 42.5. The van der Waals surface area contributed by atoms with Gasteiger partial charge in [0.1, 0.15) is 0 Å². The Morgan fingerprint density at radius 3 is 2.77 bits per heavy atom. The fraction of sp³-hybridized carbons (Fsp3) is 0.875. The van der Waals surface area contributed by atoms with Gasteiger partial charge in [-0.1, -0.05) is 0 Å². The third kappa shape index (κ3) is 1.53. The van der Waals surface area contributed by atoms with Crippen molar-refractivity contribution in [3.05, 3.63) is 0 Å². The molecule has 2 bridgehead atoms. The predicted molar refractivity (Wildman–Crippen MR) is 47.8 cm³/mol. The van der Waals surface area contributed by atoms with Crippen molar-refractivity contribution in [2.24, 2.45) is 11.8 Å². The highest BCUT2D eigenvalue weighted by molar-refractivity contribution is 5.85. The van der Waals surface area contributed by atoms with E-state index in [1.807, 2.05) is 0 Å². The predicted octanol–water partition coefficient (Wildman–Crippen LogP) is 0.831. The number of carboxylic acid groups (broad SMARTS) is 1. The third-order valence-electron chi connectivity index (χ3n) is 3.03. The minimum atomic E-state index is -1.95. The molecule has 2 rings (SSSR count). The topological polar surface area (TPSA) is 49.3 Å². The summed E-state index contributed by atoms with van der Waals surface area (Å²) in [5, 5.41) is 11.8. The fourth-order valence-electron chi connectivity index (χ4n) is 2.38. The molecule has 1 saturated carbocycles. The zero-order valence-electron chi connectivity index (χ0n) is 7.12. The first-order chi connectivity index (χ1) is 5.63. The van der Waals surface area contributed by atoms with Crippen LogP contribution in [0.15, 0.2) is 0 Å². The van der Waals surface area contributed by atoms with E-state index in [9.17, 15) is 9.18 Å². The number of carboxylic acids is 1. The van der Waals surface area contributed by atoms with E-state index >= 15 is 0 Å². The number of rotatable bonds is 1. The van der Waals surface area contributed by atoms with E-state index in [2.05, 4.69) is 5.32 Å². The van der Waals surface area contributed by atoms with Gasteiger partial charge in [-0.2, -0.15) is 0 Å². The monoisotopic (exact) mass is 209 g/mol. The van der Waals surface area contributed by atoms with Gasteiger partial charge in [0.15, 0.2) is 0 Å². The van der Waals surface area contributed by atoms with Crippen molar-refractivity contribution in [1.82, 2.24) is 5.32 Å². The molecule has 0 radical (unpaired) electrons. The van der Waals surface area contributed by atoms with Crippen LogP contribution in [0.1, 0.15) is 12.8 Å². The molecule has 1 aliphatic carbocycles. The molecule has 1 heterocycles. The summed E-state index contributed by atoms with van der Waals surface area (Å²) in [6.07, 6.45) is 0.926. The minimum Gasteiger partial charge on any atom is -0.479 e. The largest absolute Gasteiger partial charge is 0.479 e. The molecule has 5 heteroatoms. The molecular formula is C8H13ClFNO2. The third-order valence-corrected chi connectivity index (χ3v) is 3.03. The second-order valence-electron chi connectivity index (χ2n) is 3.83. The van der Waals surface area contributed by atoms with Crippen LogP contribution in [0.4, 0.5) is 4.39 Å². The number of nitrogens with one attached hydrogen (secondary N) is 1. The maximum absolute atomic E-state index is 13.8. The highest BCUT2D eigenvalue weighted by atomic mass is 35.5. The first-order valence-corrected chi connectivity index (χ1v) is 4.26. The highest BCUT2D eigenvalue weighted by Gasteiger charge is 2.54. The summed E-state index contributed by atoms with van der Waals surface area (Å²) in [5.74, 6) is -1.36. The SMILES string of the molecule is Cl.O=C(O)[C@]1(F)C[C@H]2CNC[C@@H]1C2. The van der Waals surface area contributed by atoms with Gasteiger partial charge in [0.2, 0.25) is 5.67 Å². The zero-order valence-corrected chi connectivity index (χ0v) is 7.94. The van der Waals surface area contributed by atoms with E-state index < -0.39 is 11.6 Å². The van der Waals surface area contributed by atoms with Crippen LogP contribution >= 0.6 is 12.4 Å². The van der Waals surface area contributed by atoms with Crippen LogP contribution in [0.25, 0.3) is 0 Å². The zero-order chi connectivity index (χ0) is 8.77. The Balaban J connectivity index is 0.000000845. The lowest BCUT2D eigenvalue weighted by Gasteiger charge is -2.23.